The fourth-order valence-corrected chi connectivity index (χ4v) is 2.88. The Bertz CT molecular complexity index is 636. The van der Waals surface area contributed by atoms with Gasteiger partial charge in [0.2, 0.25) is 0 Å². The smallest absolute Gasteiger partial charge is 0.125 e. The van der Waals surface area contributed by atoms with Gasteiger partial charge in [0.1, 0.15) is 5.75 Å². The zero-order valence-corrected chi connectivity index (χ0v) is 14.0. The third-order valence-electron chi connectivity index (χ3n) is 4.68. The van der Waals surface area contributed by atoms with Crippen LogP contribution < -0.4 is 4.74 Å². The zero-order valence-electron chi connectivity index (χ0n) is 14.0. The Balaban J connectivity index is 1.69. The molecule has 1 aliphatic rings. The maximum absolute atomic E-state index is 6.10. The maximum Gasteiger partial charge on any atom is 0.125 e. The molecule has 0 atom stereocenters. The molecule has 116 valence electrons. The van der Waals surface area contributed by atoms with Crippen LogP contribution in [0.3, 0.4) is 0 Å². The quantitative estimate of drug-likeness (QED) is 0.712. The highest BCUT2D eigenvalue weighted by Gasteiger charge is 2.22. The molecule has 2 aromatic carbocycles. The molecule has 1 fully saturated rings. The van der Waals surface area contributed by atoms with Crippen molar-refractivity contribution in [3.05, 3.63) is 64.2 Å². The van der Waals surface area contributed by atoms with Crippen molar-refractivity contribution in [2.45, 2.75) is 46.5 Å². The average Bonchev–Trinajstić information content (AvgIpc) is 3.32. The Morgan fingerprint density at radius 1 is 0.909 bits per heavy atom. The van der Waals surface area contributed by atoms with E-state index in [1.807, 2.05) is 0 Å². The minimum atomic E-state index is 0.801. The highest BCUT2D eigenvalue weighted by atomic mass is 16.5. The third kappa shape index (κ3) is 3.71. The minimum Gasteiger partial charge on any atom is -0.493 e. The van der Waals surface area contributed by atoms with Crippen LogP contribution in [0.5, 0.6) is 5.75 Å². The van der Waals surface area contributed by atoms with Crippen LogP contribution in [0.25, 0.3) is 0 Å². The van der Waals surface area contributed by atoms with Crippen LogP contribution in [0.2, 0.25) is 0 Å². The molecule has 1 aliphatic carbocycles. The number of ether oxygens (including phenoxy) is 1. The van der Waals surface area contributed by atoms with Gasteiger partial charge in [-0.25, -0.2) is 0 Å². The molecule has 0 aliphatic heterocycles. The van der Waals surface area contributed by atoms with Gasteiger partial charge in [-0.2, -0.15) is 0 Å². The molecule has 1 saturated carbocycles. The van der Waals surface area contributed by atoms with Crippen molar-refractivity contribution < 1.29 is 4.74 Å². The van der Waals surface area contributed by atoms with Gasteiger partial charge in [0.25, 0.3) is 0 Å². The van der Waals surface area contributed by atoms with Gasteiger partial charge in [0.05, 0.1) is 6.61 Å². The molecule has 0 saturated heterocycles. The van der Waals surface area contributed by atoms with E-state index in [9.17, 15) is 0 Å². The second-order valence-corrected chi connectivity index (χ2v) is 6.74. The summed E-state index contributed by atoms with van der Waals surface area (Å²) < 4.78 is 6.10. The molecule has 0 N–H and O–H groups in total. The SMILES string of the molecule is Cc1ccc(CCc2ccc(C)c(OCC3CC3)c2C)cc1. The third-order valence-corrected chi connectivity index (χ3v) is 4.68. The molecule has 0 aromatic heterocycles. The van der Waals surface area contributed by atoms with E-state index in [-0.39, 0.29) is 0 Å². The molecule has 1 heteroatoms. The normalized spacial score (nSPS) is 14.1. The number of rotatable bonds is 6. The predicted octanol–water partition coefficient (Wildman–Crippen LogP) is 5.19. The molecule has 22 heavy (non-hydrogen) atoms. The van der Waals surface area contributed by atoms with Crippen LogP contribution in [-0.2, 0) is 12.8 Å². The van der Waals surface area contributed by atoms with Crippen LogP contribution in [0.4, 0.5) is 0 Å². The van der Waals surface area contributed by atoms with Crippen molar-refractivity contribution >= 4 is 0 Å². The molecule has 0 radical (unpaired) electrons. The minimum absolute atomic E-state index is 0.801. The lowest BCUT2D eigenvalue weighted by Gasteiger charge is -2.15. The van der Waals surface area contributed by atoms with Gasteiger partial charge in [-0.15, -0.1) is 0 Å². The molecule has 2 aromatic rings. The Morgan fingerprint density at radius 3 is 2.32 bits per heavy atom. The Labute approximate surface area is 134 Å². The van der Waals surface area contributed by atoms with Crippen LogP contribution >= 0.6 is 0 Å². The van der Waals surface area contributed by atoms with Crippen molar-refractivity contribution in [1.29, 1.82) is 0 Å². The van der Waals surface area contributed by atoms with Gasteiger partial charge in [-0.3, -0.25) is 0 Å². The summed E-state index contributed by atoms with van der Waals surface area (Å²) in [5, 5.41) is 0. The highest BCUT2D eigenvalue weighted by molar-refractivity contribution is 5.45. The molecular formula is C21H26O. The second-order valence-electron chi connectivity index (χ2n) is 6.74. The van der Waals surface area contributed by atoms with Crippen molar-refractivity contribution in [3.8, 4) is 5.75 Å². The van der Waals surface area contributed by atoms with E-state index in [0.717, 1.165) is 31.1 Å². The average molecular weight is 294 g/mol. The molecule has 0 unspecified atom stereocenters. The summed E-state index contributed by atoms with van der Waals surface area (Å²) in [7, 11) is 0. The van der Waals surface area contributed by atoms with Crippen molar-refractivity contribution in [1.82, 2.24) is 0 Å². The van der Waals surface area contributed by atoms with E-state index >= 15 is 0 Å². The largest absolute Gasteiger partial charge is 0.493 e. The Hall–Kier alpha value is -1.76. The van der Waals surface area contributed by atoms with Gasteiger partial charge < -0.3 is 4.74 Å². The first-order valence-electron chi connectivity index (χ1n) is 8.41. The van der Waals surface area contributed by atoms with Crippen LogP contribution in [0.15, 0.2) is 36.4 Å². The second kappa shape index (κ2) is 6.56. The molecule has 0 bridgehead atoms. The van der Waals surface area contributed by atoms with E-state index in [0.29, 0.717) is 0 Å². The summed E-state index contributed by atoms with van der Waals surface area (Å²) >= 11 is 0. The lowest BCUT2D eigenvalue weighted by atomic mass is 9.97. The van der Waals surface area contributed by atoms with Crippen molar-refractivity contribution in [2.75, 3.05) is 6.61 Å². The summed E-state index contributed by atoms with van der Waals surface area (Å²) in [6.07, 6.45) is 4.84. The van der Waals surface area contributed by atoms with E-state index < -0.39 is 0 Å². The molecule has 0 amide bonds. The topological polar surface area (TPSA) is 9.23 Å². The first kappa shape index (κ1) is 15.1. The molecule has 3 rings (SSSR count). The first-order valence-corrected chi connectivity index (χ1v) is 8.41. The van der Waals surface area contributed by atoms with Gasteiger partial charge in [0, 0.05) is 0 Å². The summed E-state index contributed by atoms with van der Waals surface area (Å²) in [6.45, 7) is 7.39. The maximum atomic E-state index is 6.10. The van der Waals surface area contributed by atoms with E-state index in [1.54, 1.807) is 0 Å². The fraction of sp³-hybridized carbons (Fsp3) is 0.429. The van der Waals surface area contributed by atoms with Crippen LogP contribution in [0, 0.1) is 26.7 Å². The Kier molecular flexibility index (Phi) is 4.52. The first-order chi connectivity index (χ1) is 10.6. The summed E-state index contributed by atoms with van der Waals surface area (Å²) in [6, 6.07) is 13.3. The molecular weight excluding hydrogens is 268 g/mol. The summed E-state index contributed by atoms with van der Waals surface area (Å²) in [5.41, 5.74) is 6.74. The lowest BCUT2D eigenvalue weighted by Crippen LogP contribution is -2.04. The van der Waals surface area contributed by atoms with E-state index in [2.05, 4.69) is 57.2 Å². The molecule has 0 spiro atoms. The summed E-state index contributed by atoms with van der Waals surface area (Å²) in [5.74, 6) is 1.92. The summed E-state index contributed by atoms with van der Waals surface area (Å²) in [4.78, 5) is 0. The number of hydrogen-bond donors (Lipinski definition) is 0. The standard InChI is InChI=1S/C21H26O/c1-15-4-7-18(8-5-15)11-13-20-12-6-16(2)21(17(20)3)22-14-19-9-10-19/h4-8,12,19H,9-11,13-14H2,1-3H3. The van der Waals surface area contributed by atoms with E-state index in [1.165, 1.54) is 40.7 Å². The van der Waals surface area contributed by atoms with Gasteiger partial charge in [-0.1, -0.05) is 42.0 Å². The van der Waals surface area contributed by atoms with Crippen LogP contribution in [-0.4, -0.2) is 6.61 Å². The van der Waals surface area contributed by atoms with Crippen LogP contribution in [0.1, 0.15) is 40.7 Å². The van der Waals surface area contributed by atoms with E-state index in [4.69, 9.17) is 4.74 Å². The molecule has 1 nitrogen and oxygen atoms in total. The zero-order chi connectivity index (χ0) is 15.5. The van der Waals surface area contributed by atoms with Gasteiger partial charge in [-0.05, 0) is 74.6 Å². The highest BCUT2D eigenvalue weighted by Crippen LogP contribution is 2.32. The van der Waals surface area contributed by atoms with Gasteiger partial charge >= 0.3 is 0 Å². The lowest BCUT2D eigenvalue weighted by molar-refractivity contribution is 0.295. The number of aryl methyl sites for hydroxylation is 4. The fourth-order valence-electron chi connectivity index (χ4n) is 2.88. The Morgan fingerprint density at radius 2 is 1.64 bits per heavy atom. The number of benzene rings is 2. The van der Waals surface area contributed by atoms with Crippen molar-refractivity contribution in [3.63, 3.8) is 0 Å². The number of hydrogen-bond acceptors (Lipinski definition) is 1. The predicted molar refractivity (Wildman–Crippen MR) is 92.7 cm³/mol. The van der Waals surface area contributed by atoms with Gasteiger partial charge in [0.15, 0.2) is 0 Å². The monoisotopic (exact) mass is 294 g/mol. The molecule has 0 heterocycles. The van der Waals surface area contributed by atoms with Crippen molar-refractivity contribution in [2.24, 2.45) is 5.92 Å².